The lowest BCUT2D eigenvalue weighted by molar-refractivity contribution is 0.456. The summed E-state index contributed by atoms with van der Waals surface area (Å²) in [6.45, 7) is 3.42. The number of anilines is 1. The first kappa shape index (κ1) is 11.5. The molecule has 1 aliphatic heterocycles. The Hall–Kier alpha value is -1.03. The number of aromatic nitrogens is 2. The Bertz CT molecular complexity index is 275. The van der Waals surface area contributed by atoms with E-state index in [1.807, 2.05) is 12.4 Å². The van der Waals surface area contributed by atoms with Crippen LogP contribution < -0.4 is 10.6 Å². The van der Waals surface area contributed by atoms with Gasteiger partial charge in [-0.15, -0.1) is 0 Å². The number of hydrogen-bond acceptors (Lipinski definition) is 3. The molecule has 0 saturated carbocycles. The van der Waals surface area contributed by atoms with E-state index in [0.717, 1.165) is 5.69 Å². The molecule has 4 nitrogen and oxygen atoms in total. The Morgan fingerprint density at radius 1 is 1.50 bits per heavy atom. The van der Waals surface area contributed by atoms with Crippen molar-refractivity contribution in [3.05, 3.63) is 12.4 Å². The molecule has 0 radical (unpaired) electrons. The third kappa shape index (κ3) is 3.52. The van der Waals surface area contributed by atoms with Gasteiger partial charge in [0.15, 0.2) is 0 Å². The molecule has 90 valence electrons. The van der Waals surface area contributed by atoms with Gasteiger partial charge in [-0.25, -0.2) is 0 Å². The van der Waals surface area contributed by atoms with Gasteiger partial charge in [-0.2, -0.15) is 5.10 Å². The van der Waals surface area contributed by atoms with Gasteiger partial charge < -0.3 is 10.6 Å². The second-order valence-electron chi connectivity index (χ2n) is 4.77. The zero-order chi connectivity index (χ0) is 11.2. The van der Waals surface area contributed by atoms with Crippen LogP contribution in [0.4, 0.5) is 5.69 Å². The van der Waals surface area contributed by atoms with E-state index < -0.39 is 0 Å². The fraction of sp³-hybridized carbons (Fsp3) is 0.750. The molecule has 3 N–H and O–H groups in total. The summed E-state index contributed by atoms with van der Waals surface area (Å²) in [5.41, 5.74) is 1.08. The highest BCUT2D eigenvalue weighted by molar-refractivity contribution is 5.38. The number of rotatable bonds is 4. The van der Waals surface area contributed by atoms with E-state index in [-0.39, 0.29) is 0 Å². The van der Waals surface area contributed by atoms with Crippen LogP contribution in [0.3, 0.4) is 0 Å². The SMILES string of the molecule is CC(CC1CCCCCN1)Nc1cn[nH]c1. The molecule has 0 aliphatic carbocycles. The van der Waals surface area contributed by atoms with Crippen LogP contribution in [0, 0.1) is 0 Å². The van der Waals surface area contributed by atoms with Gasteiger partial charge in [-0.1, -0.05) is 12.8 Å². The summed E-state index contributed by atoms with van der Waals surface area (Å²) in [5, 5.41) is 13.8. The van der Waals surface area contributed by atoms with Gasteiger partial charge in [0, 0.05) is 18.3 Å². The Morgan fingerprint density at radius 3 is 3.25 bits per heavy atom. The summed E-state index contributed by atoms with van der Waals surface area (Å²) in [5.74, 6) is 0. The maximum atomic E-state index is 3.93. The fourth-order valence-corrected chi connectivity index (χ4v) is 2.40. The van der Waals surface area contributed by atoms with Gasteiger partial charge in [-0.3, -0.25) is 5.10 Å². The van der Waals surface area contributed by atoms with Crippen LogP contribution in [0.25, 0.3) is 0 Å². The first-order chi connectivity index (χ1) is 7.84. The average molecular weight is 222 g/mol. The molecule has 1 fully saturated rings. The Balaban J connectivity index is 1.75. The van der Waals surface area contributed by atoms with E-state index in [4.69, 9.17) is 0 Å². The van der Waals surface area contributed by atoms with Gasteiger partial charge >= 0.3 is 0 Å². The molecule has 0 bridgehead atoms. The number of aromatic amines is 1. The Labute approximate surface area is 97.2 Å². The summed E-state index contributed by atoms with van der Waals surface area (Å²) in [6.07, 6.45) is 10.3. The number of hydrogen-bond donors (Lipinski definition) is 3. The molecule has 1 aromatic rings. The van der Waals surface area contributed by atoms with Crippen LogP contribution >= 0.6 is 0 Å². The largest absolute Gasteiger partial charge is 0.380 e. The Morgan fingerprint density at radius 2 is 2.44 bits per heavy atom. The van der Waals surface area contributed by atoms with E-state index in [1.165, 1.54) is 38.6 Å². The first-order valence-electron chi connectivity index (χ1n) is 6.33. The third-order valence-corrected chi connectivity index (χ3v) is 3.21. The van der Waals surface area contributed by atoms with Crippen molar-refractivity contribution in [3.8, 4) is 0 Å². The molecular formula is C12H22N4. The van der Waals surface area contributed by atoms with Crippen molar-refractivity contribution >= 4 is 5.69 Å². The van der Waals surface area contributed by atoms with Crippen LogP contribution in [0.2, 0.25) is 0 Å². The lowest BCUT2D eigenvalue weighted by atomic mass is 10.0. The molecule has 4 heteroatoms. The molecule has 0 spiro atoms. The van der Waals surface area contributed by atoms with Crippen molar-refractivity contribution in [2.45, 2.75) is 51.1 Å². The zero-order valence-electron chi connectivity index (χ0n) is 10.00. The minimum absolute atomic E-state index is 0.494. The number of nitrogens with one attached hydrogen (secondary N) is 3. The van der Waals surface area contributed by atoms with Gasteiger partial charge in [0.25, 0.3) is 0 Å². The van der Waals surface area contributed by atoms with Gasteiger partial charge in [0.05, 0.1) is 11.9 Å². The van der Waals surface area contributed by atoms with Gasteiger partial charge in [-0.05, 0) is 32.7 Å². The second-order valence-corrected chi connectivity index (χ2v) is 4.77. The molecule has 16 heavy (non-hydrogen) atoms. The van der Waals surface area contributed by atoms with E-state index in [0.29, 0.717) is 12.1 Å². The second kappa shape index (κ2) is 5.89. The summed E-state index contributed by atoms with van der Waals surface area (Å²) >= 11 is 0. The summed E-state index contributed by atoms with van der Waals surface area (Å²) in [6, 6.07) is 1.17. The quantitative estimate of drug-likeness (QED) is 0.731. The molecule has 1 saturated heterocycles. The molecule has 2 atom stereocenters. The molecule has 2 unspecified atom stereocenters. The van der Waals surface area contributed by atoms with E-state index >= 15 is 0 Å². The smallest absolute Gasteiger partial charge is 0.0725 e. The molecule has 2 rings (SSSR count). The van der Waals surface area contributed by atoms with Crippen molar-refractivity contribution in [1.29, 1.82) is 0 Å². The molecule has 1 aliphatic rings. The molecular weight excluding hydrogens is 200 g/mol. The van der Waals surface area contributed by atoms with Crippen LogP contribution in [0.15, 0.2) is 12.4 Å². The zero-order valence-corrected chi connectivity index (χ0v) is 10.00. The van der Waals surface area contributed by atoms with Gasteiger partial charge in [0.2, 0.25) is 0 Å². The number of H-pyrrole nitrogens is 1. The van der Waals surface area contributed by atoms with Crippen molar-refractivity contribution in [3.63, 3.8) is 0 Å². The van der Waals surface area contributed by atoms with Gasteiger partial charge in [0.1, 0.15) is 0 Å². The monoisotopic (exact) mass is 222 g/mol. The molecule has 0 aromatic carbocycles. The van der Waals surface area contributed by atoms with Crippen molar-refractivity contribution < 1.29 is 0 Å². The molecule has 1 aromatic heterocycles. The van der Waals surface area contributed by atoms with E-state index in [2.05, 4.69) is 27.8 Å². The average Bonchev–Trinajstić information content (AvgIpc) is 2.62. The molecule has 0 amide bonds. The third-order valence-electron chi connectivity index (χ3n) is 3.21. The van der Waals surface area contributed by atoms with Crippen molar-refractivity contribution in [2.75, 3.05) is 11.9 Å². The maximum absolute atomic E-state index is 3.93. The van der Waals surface area contributed by atoms with E-state index in [1.54, 1.807) is 0 Å². The van der Waals surface area contributed by atoms with E-state index in [9.17, 15) is 0 Å². The lowest BCUT2D eigenvalue weighted by Crippen LogP contribution is -2.33. The topological polar surface area (TPSA) is 52.7 Å². The van der Waals surface area contributed by atoms with Crippen LogP contribution in [-0.2, 0) is 0 Å². The van der Waals surface area contributed by atoms with Crippen LogP contribution in [0.5, 0.6) is 0 Å². The fourth-order valence-electron chi connectivity index (χ4n) is 2.40. The van der Waals surface area contributed by atoms with Crippen molar-refractivity contribution in [1.82, 2.24) is 15.5 Å². The highest BCUT2D eigenvalue weighted by Crippen LogP contribution is 2.14. The van der Waals surface area contributed by atoms with Crippen LogP contribution in [-0.4, -0.2) is 28.8 Å². The predicted molar refractivity (Wildman–Crippen MR) is 66.5 cm³/mol. The predicted octanol–water partition coefficient (Wildman–Crippen LogP) is 2.13. The number of nitrogens with zero attached hydrogens (tertiary/aromatic N) is 1. The Kier molecular flexibility index (Phi) is 4.22. The summed E-state index contributed by atoms with van der Waals surface area (Å²) in [7, 11) is 0. The minimum atomic E-state index is 0.494. The standard InChI is InChI=1S/C12H22N4/c1-10(16-12-8-14-15-9-12)7-11-5-3-2-4-6-13-11/h8-11,13,16H,2-7H2,1H3,(H,14,15). The summed E-state index contributed by atoms with van der Waals surface area (Å²) in [4.78, 5) is 0. The molecule has 2 heterocycles. The highest BCUT2D eigenvalue weighted by Gasteiger charge is 2.14. The highest BCUT2D eigenvalue weighted by atomic mass is 15.1. The van der Waals surface area contributed by atoms with Crippen molar-refractivity contribution in [2.24, 2.45) is 0 Å². The maximum Gasteiger partial charge on any atom is 0.0725 e. The minimum Gasteiger partial charge on any atom is -0.380 e. The summed E-state index contributed by atoms with van der Waals surface area (Å²) < 4.78 is 0. The van der Waals surface area contributed by atoms with Crippen LogP contribution in [0.1, 0.15) is 39.0 Å². The lowest BCUT2D eigenvalue weighted by Gasteiger charge is -2.21. The normalized spacial score (nSPS) is 23.7. The first-order valence-corrected chi connectivity index (χ1v) is 6.33.